The van der Waals surface area contributed by atoms with Crippen LogP contribution >= 0.6 is 0 Å². The third kappa shape index (κ3) is 14.0. The molecule has 0 rings (SSSR count). The van der Waals surface area contributed by atoms with Gasteiger partial charge in [0, 0.05) is 17.8 Å². The molecule has 0 N–H and O–H groups in total. The molecular weight excluding hydrogens is 208 g/mol. The van der Waals surface area contributed by atoms with Crippen molar-refractivity contribution in [1.82, 2.24) is 0 Å². The topological polar surface area (TPSA) is 9.23 Å². The van der Waals surface area contributed by atoms with E-state index in [0.29, 0.717) is 6.61 Å². The largest absolute Gasteiger partial charge is 0.446 e. The van der Waals surface area contributed by atoms with Crippen LogP contribution in [0.1, 0.15) is 45.4 Å². The van der Waals surface area contributed by atoms with Gasteiger partial charge in [0.2, 0.25) is 0 Å². The Hall–Kier alpha value is -1.96. The van der Waals surface area contributed by atoms with Gasteiger partial charge in [-0.25, -0.2) is 0 Å². The molecule has 0 aromatic heterocycles. The lowest BCUT2D eigenvalue weighted by Gasteiger charge is -1.98. The summed E-state index contributed by atoms with van der Waals surface area (Å²) in [7, 11) is 0. The van der Waals surface area contributed by atoms with Gasteiger partial charge < -0.3 is 4.74 Å². The Morgan fingerprint density at radius 3 is 2.24 bits per heavy atom. The van der Waals surface area contributed by atoms with Crippen LogP contribution in [0.3, 0.4) is 0 Å². The Labute approximate surface area is 105 Å². The fraction of sp³-hybridized carbons (Fsp3) is 0.500. The van der Waals surface area contributed by atoms with Gasteiger partial charge in [-0.15, -0.1) is 6.42 Å². The van der Waals surface area contributed by atoms with Crippen LogP contribution in [0.15, 0.2) is 0 Å². The van der Waals surface area contributed by atoms with E-state index in [0.717, 1.165) is 6.42 Å². The van der Waals surface area contributed by atoms with Gasteiger partial charge in [0.25, 0.3) is 0 Å². The highest BCUT2D eigenvalue weighted by Gasteiger charge is 1.88. The lowest BCUT2D eigenvalue weighted by molar-refractivity contribution is 0.267. The number of unbranched alkanes of at least 4 members (excludes halogenated alkanes) is 5. The molecule has 0 saturated carbocycles. The monoisotopic (exact) mass is 226 g/mol. The van der Waals surface area contributed by atoms with E-state index in [4.69, 9.17) is 11.2 Å². The second-order valence-electron chi connectivity index (χ2n) is 3.49. The van der Waals surface area contributed by atoms with Crippen molar-refractivity contribution < 1.29 is 4.74 Å². The van der Waals surface area contributed by atoms with E-state index in [1.807, 2.05) is 0 Å². The first kappa shape index (κ1) is 15.0. The van der Waals surface area contributed by atoms with Gasteiger partial charge in [0.15, 0.2) is 0 Å². The molecule has 0 spiro atoms. The minimum absolute atomic E-state index is 0.677. The Morgan fingerprint density at radius 1 is 0.824 bits per heavy atom. The zero-order valence-electron chi connectivity index (χ0n) is 10.4. The maximum atomic E-state index is 5.09. The van der Waals surface area contributed by atoms with Crippen molar-refractivity contribution in [1.29, 1.82) is 0 Å². The summed E-state index contributed by atoms with van der Waals surface area (Å²) in [5, 5.41) is 0. The van der Waals surface area contributed by atoms with Crippen LogP contribution in [0.25, 0.3) is 0 Å². The minimum Gasteiger partial charge on any atom is -0.446 e. The minimum atomic E-state index is 0.677. The molecule has 0 fully saturated rings. The molecule has 1 heteroatoms. The summed E-state index contributed by atoms with van der Waals surface area (Å²) in [4.78, 5) is 0. The second kappa shape index (κ2) is 14.0. The molecule has 0 heterocycles. The number of rotatable bonds is 7. The van der Waals surface area contributed by atoms with Crippen LogP contribution in [0.5, 0.6) is 0 Å². The first-order valence-corrected chi connectivity index (χ1v) is 5.99. The van der Waals surface area contributed by atoms with Gasteiger partial charge in [-0.1, -0.05) is 39.0 Å². The standard InChI is InChI=1S/C16H18O/c1-3-5-7-9-11-13-15-17-16-14-12-10-8-6-4-2/h1H,4,6,8,10,12,14,16H2,2H3. The van der Waals surface area contributed by atoms with Crippen LogP contribution in [0.4, 0.5) is 0 Å². The highest BCUT2D eigenvalue weighted by atomic mass is 16.5. The number of hydrogen-bond acceptors (Lipinski definition) is 1. The first-order valence-electron chi connectivity index (χ1n) is 5.99. The summed E-state index contributed by atoms with van der Waals surface area (Å²) in [5.41, 5.74) is 0. The van der Waals surface area contributed by atoms with Crippen molar-refractivity contribution in [2.45, 2.75) is 45.4 Å². The molecule has 0 aliphatic rings. The van der Waals surface area contributed by atoms with Crippen molar-refractivity contribution in [3.63, 3.8) is 0 Å². The maximum absolute atomic E-state index is 5.09. The molecule has 0 aliphatic carbocycles. The van der Waals surface area contributed by atoms with E-state index in [1.54, 1.807) is 0 Å². The molecular formula is C16H18O. The van der Waals surface area contributed by atoms with Gasteiger partial charge >= 0.3 is 0 Å². The summed E-state index contributed by atoms with van der Waals surface area (Å²) >= 11 is 0. The van der Waals surface area contributed by atoms with Gasteiger partial charge in [-0.2, -0.15) is 0 Å². The Balaban J connectivity index is 3.36. The van der Waals surface area contributed by atoms with Crippen LogP contribution in [-0.4, -0.2) is 6.61 Å². The molecule has 0 unspecified atom stereocenters. The Bertz CT molecular complexity index is 393. The SMILES string of the molecule is C#CC#CC#CC#COCCCCCCCC. The van der Waals surface area contributed by atoms with Crippen LogP contribution in [0.2, 0.25) is 0 Å². The van der Waals surface area contributed by atoms with Crippen LogP contribution < -0.4 is 0 Å². The van der Waals surface area contributed by atoms with Gasteiger partial charge in [0.05, 0.1) is 0 Å². The average molecular weight is 226 g/mol. The summed E-state index contributed by atoms with van der Waals surface area (Å²) in [6.07, 6.45) is 14.9. The maximum Gasteiger partial charge on any atom is 0.124 e. The normalized spacial score (nSPS) is 7.29. The third-order valence-electron chi connectivity index (χ3n) is 2.05. The van der Waals surface area contributed by atoms with Crippen molar-refractivity contribution in [3.05, 3.63) is 0 Å². The van der Waals surface area contributed by atoms with Crippen molar-refractivity contribution in [3.8, 4) is 48.1 Å². The smallest absolute Gasteiger partial charge is 0.124 e. The quantitative estimate of drug-likeness (QED) is 0.479. The van der Waals surface area contributed by atoms with Gasteiger partial charge in [-0.3, -0.25) is 0 Å². The second-order valence-corrected chi connectivity index (χ2v) is 3.49. The highest BCUT2D eigenvalue weighted by Crippen LogP contribution is 2.04. The highest BCUT2D eigenvalue weighted by molar-refractivity contribution is 5.38. The van der Waals surface area contributed by atoms with E-state index < -0.39 is 0 Å². The van der Waals surface area contributed by atoms with Crippen molar-refractivity contribution in [2.75, 3.05) is 6.61 Å². The molecule has 17 heavy (non-hydrogen) atoms. The molecule has 0 radical (unpaired) electrons. The van der Waals surface area contributed by atoms with Gasteiger partial charge in [0.1, 0.15) is 12.7 Å². The van der Waals surface area contributed by atoms with Gasteiger partial charge in [-0.05, 0) is 24.2 Å². The van der Waals surface area contributed by atoms with Crippen molar-refractivity contribution in [2.24, 2.45) is 0 Å². The Morgan fingerprint density at radius 2 is 1.47 bits per heavy atom. The predicted octanol–water partition coefficient (Wildman–Crippen LogP) is 2.96. The summed E-state index contributed by atoms with van der Waals surface area (Å²) < 4.78 is 5.09. The summed E-state index contributed by atoms with van der Waals surface area (Å²) in [5.74, 6) is 14.6. The van der Waals surface area contributed by atoms with Crippen LogP contribution in [0, 0.1) is 48.1 Å². The van der Waals surface area contributed by atoms with E-state index in [2.05, 4.69) is 48.6 Å². The van der Waals surface area contributed by atoms with E-state index in [1.165, 1.54) is 32.1 Å². The predicted molar refractivity (Wildman–Crippen MR) is 71.5 cm³/mol. The zero-order chi connectivity index (χ0) is 12.6. The molecule has 0 bridgehead atoms. The zero-order valence-corrected chi connectivity index (χ0v) is 10.4. The molecule has 0 saturated heterocycles. The lowest BCUT2D eigenvalue weighted by Crippen LogP contribution is -1.88. The molecule has 0 atom stereocenters. The average Bonchev–Trinajstić information content (AvgIpc) is 2.35. The summed E-state index contributed by atoms with van der Waals surface area (Å²) in [6.45, 7) is 2.89. The van der Waals surface area contributed by atoms with E-state index in [-0.39, 0.29) is 0 Å². The third-order valence-corrected chi connectivity index (χ3v) is 2.05. The molecule has 0 aromatic rings. The number of terminal acetylenes is 1. The molecule has 1 nitrogen and oxygen atoms in total. The van der Waals surface area contributed by atoms with E-state index >= 15 is 0 Å². The fourth-order valence-electron chi connectivity index (χ4n) is 1.20. The van der Waals surface area contributed by atoms with Crippen LogP contribution in [-0.2, 0) is 4.74 Å². The summed E-state index contributed by atoms with van der Waals surface area (Å²) in [6, 6.07) is 0. The van der Waals surface area contributed by atoms with Crippen molar-refractivity contribution >= 4 is 0 Å². The Kier molecular flexibility index (Phi) is 12.4. The molecule has 0 amide bonds. The first-order chi connectivity index (χ1) is 8.41. The van der Waals surface area contributed by atoms with E-state index in [9.17, 15) is 0 Å². The molecule has 88 valence electrons. The number of hydrogen-bond donors (Lipinski definition) is 0. The number of ether oxygens (including phenoxy) is 1. The molecule has 0 aromatic carbocycles. The molecule has 0 aliphatic heterocycles. The lowest BCUT2D eigenvalue weighted by atomic mass is 10.1. The fourth-order valence-corrected chi connectivity index (χ4v) is 1.20.